The molecule has 1 aromatic carbocycles. The number of hydrogen-bond acceptors (Lipinski definition) is 4. The summed E-state index contributed by atoms with van der Waals surface area (Å²) in [6, 6.07) is 5.25. The Bertz CT molecular complexity index is 573. The van der Waals surface area contributed by atoms with Crippen LogP contribution in [0.4, 0.5) is 14.5 Å². The van der Waals surface area contributed by atoms with Crippen LogP contribution in [0.15, 0.2) is 24.3 Å². The Kier molecular flexibility index (Phi) is 5.01. The van der Waals surface area contributed by atoms with Crippen molar-refractivity contribution in [2.45, 2.75) is 5.92 Å². The SMILES string of the molecule is CS(=O)(=O)Nc1ccc(C(=O)NCC(F)(F)CO)cc1. The molecule has 0 spiro atoms. The van der Waals surface area contributed by atoms with Gasteiger partial charge in [0.15, 0.2) is 0 Å². The van der Waals surface area contributed by atoms with Crippen LogP contribution in [0.25, 0.3) is 0 Å². The maximum atomic E-state index is 12.7. The summed E-state index contributed by atoms with van der Waals surface area (Å²) >= 11 is 0. The van der Waals surface area contributed by atoms with E-state index < -0.39 is 35.0 Å². The van der Waals surface area contributed by atoms with Gasteiger partial charge in [0.1, 0.15) is 6.61 Å². The number of amides is 1. The highest BCUT2D eigenvalue weighted by atomic mass is 32.2. The van der Waals surface area contributed by atoms with Gasteiger partial charge in [-0.15, -0.1) is 0 Å². The topological polar surface area (TPSA) is 95.5 Å². The van der Waals surface area contributed by atoms with Gasteiger partial charge in [-0.3, -0.25) is 9.52 Å². The van der Waals surface area contributed by atoms with Gasteiger partial charge in [0.25, 0.3) is 11.8 Å². The van der Waals surface area contributed by atoms with E-state index in [4.69, 9.17) is 5.11 Å². The first kappa shape index (κ1) is 16.3. The Hall–Kier alpha value is -1.74. The summed E-state index contributed by atoms with van der Waals surface area (Å²) in [6.07, 6.45) is 0.977. The number of alkyl halides is 2. The molecule has 0 aliphatic carbocycles. The molecule has 1 rings (SSSR count). The summed E-state index contributed by atoms with van der Waals surface area (Å²) in [6.45, 7) is -2.34. The molecule has 1 aromatic rings. The molecule has 112 valence electrons. The van der Waals surface area contributed by atoms with Crippen LogP contribution in [0, 0.1) is 0 Å². The maximum absolute atomic E-state index is 12.7. The first-order valence-corrected chi connectivity index (χ1v) is 7.37. The van der Waals surface area contributed by atoms with E-state index >= 15 is 0 Å². The highest BCUT2D eigenvalue weighted by Gasteiger charge is 2.28. The minimum atomic E-state index is -3.42. The lowest BCUT2D eigenvalue weighted by Crippen LogP contribution is -2.38. The van der Waals surface area contributed by atoms with Gasteiger partial charge in [-0.05, 0) is 24.3 Å². The van der Waals surface area contributed by atoms with Crippen LogP contribution in [0.5, 0.6) is 0 Å². The van der Waals surface area contributed by atoms with E-state index in [0.717, 1.165) is 6.26 Å². The van der Waals surface area contributed by atoms with Gasteiger partial charge >= 0.3 is 0 Å². The molecular weight excluding hydrogens is 294 g/mol. The highest BCUT2D eigenvalue weighted by Crippen LogP contribution is 2.12. The summed E-state index contributed by atoms with van der Waals surface area (Å²) in [4.78, 5) is 11.5. The van der Waals surface area contributed by atoms with Crippen LogP contribution in [-0.4, -0.2) is 44.8 Å². The average molecular weight is 308 g/mol. The van der Waals surface area contributed by atoms with E-state index in [0.29, 0.717) is 0 Å². The third-order valence-corrected chi connectivity index (χ3v) is 2.80. The van der Waals surface area contributed by atoms with Crippen molar-refractivity contribution in [1.82, 2.24) is 5.32 Å². The van der Waals surface area contributed by atoms with Crippen LogP contribution >= 0.6 is 0 Å². The molecular formula is C11H14F2N2O4S. The number of nitrogens with one attached hydrogen (secondary N) is 2. The molecule has 6 nitrogen and oxygen atoms in total. The van der Waals surface area contributed by atoms with Crippen molar-refractivity contribution in [3.63, 3.8) is 0 Å². The largest absolute Gasteiger partial charge is 0.390 e. The molecule has 0 atom stereocenters. The van der Waals surface area contributed by atoms with Crippen molar-refractivity contribution in [3.8, 4) is 0 Å². The molecule has 0 heterocycles. The van der Waals surface area contributed by atoms with E-state index in [2.05, 4.69) is 4.72 Å². The molecule has 0 saturated carbocycles. The Morgan fingerprint density at radius 1 is 1.30 bits per heavy atom. The lowest BCUT2D eigenvalue weighted by atomic mass is 10.2. The molecule has 0 bridgehead atoms. The van der Waals surface area contributed by atoms with Crippen molar-refractivity contribution in [1.29, 1.82) is 0 Å². The molecule has 0 aliphatic heterocycles. The number of aliphatic hydroxyl groups is 1. The smallest absolute Gasteiger partial charge is 0.287 e. The second kappa shape index (κ2) is 6.14. The van der Waals surface area contributed by atoms with Crippen LogP contribution in [0.1, 0.15) is 10.4 Å². The minimum Gasteiger partial charge on any atom is -0.390 e. The monoisotopic (exact) mass is 308 g/mol. The highest BCUT2D eigenvalue weighted by molar-refractivity contribution is 7.92. The quantitative estimate of drug-likeness (QED) is 0.709. The third-order valence-electron chi connectivity index (χ3n) is 2.19. The van der Waals surface area contributed by atoms with Crippen LogP contribution < -0.4 is 10.0 Å². The molecule has 0 aliphatic rings. The lowest BCUT2D eigenvalue weighted by molar-refractivity contribution is -0.0462. The minimum absolute atomic E-state index is 0.0952. The van der Waals surface area contributed by atoms with Gasteiger partial charge in [0, 0.05) is 11.3 Å². The standard InChI is InChI=1S/C11H14F2N2O4S/c1-20(18,19)15-9-4-2-8(3-5-9)10(17)14-6-11(12,13)7-16/h2-5,15-16H,6-7H2,1H3,(H,14,17). The zero-order valence-electron chi connectivity index (χ0n) is 10.6. The maximum Gasteiger partial charge on any atom is 0.287 e. The first-order chi connectivity index (χ1) is 9.13. The molecule has 0 aromatic heterocycles. The fourth-order valence-electron chi connectivity index (χ4n) is 1.27. The second-order valence-corrected chi connectivity index (χ2v) is 5.90. The van der Waals surface area contributed by atoms with Crippen molar-refractivity contribution in [3.05, 3.63) is 29.8 Å². The van der Waals surface area contributed by atoms with Gasteiger partial charge in [0.05, 0.1) is 12.8 Å². The van der Waals surface area contributed by atoms with Crippen LogP contribution in [0.3, 0.4) is 0 Å². The van der Waals surface area contributed by atoms with Crippen molar-refractivity contribution in [2.75, 3.05) is 24.1 Å². The van der Waals surface area contributed by atoms with Crippen molar-refractivity contribution in [2.24, 2.45) is 0 Å². The summed E-state index contributed by atoms with van der Waals surface area (Å²) in [5.41, 5.74) is 0.350. The van der Waals surface area contributed by atoms with Crippen LogP contribution in [0.2, 0.25) is 0 Å². The van der Waals surface area contributed by atoms with Crippen molar-refractivity contribution < 1.29 is 27.1 Å². The van der Waals surface area contributed by atoms with Gasteiger partial charge in [0.2, 0.25) is 10.0 Å². The molecule has 9 heteroatoms. The van der Waals surface area contributed by atoms with E-state index in [1.165, 1.54) is 24.3 Å². The number of halogens is 2. The van der Waals surface area contributed by atoms with Crippen LogP contribution in [-0.2, 0) is 10.0 Å². The fraction of sp³-hybridized carbons (Fsp3) is 0.364. The number of sulfonamides is 1. The molecule has 3 N–H and O–H groups in total. The summed E-state index contributed by atoms with van der Waals surface area (Å²) < 4.78 is 49.6. The Balaban J connectivity index is 2.67. The summed E-state index contributed by atoms with van der Waals surface area (Å²) in [5.74, 6) is -4.13. The van der Waals surface area contributed by atoms with Gasteiger partial charge in [-0.1, -0.05) is 0 Å². The third kappa shape index (κ3) is 5.49. The molecule has 0 unspecified atom stereocenters. The average Bonchev–Trinajstić information content (AvgIpc) is 2.35. The van der Waals surface area contributed by atoms with Gasteiger partial charge in [-0.2, -0.15) is 0 Å². The summed E-state index contributed by atoms with van der Waals surface area (Å²) in [5, 5.41) is 10.3. The predicted octanol–water partition coefficient (Wildman–Crippen LogP) is 0.415. The molecule has 0 radical (unpaired) electrons. The number of benzene rings is 1. The Labute approximate surface area is 114 Å². The number of carbonyl (C=O) groups excluding carboxylic acids is 1. The lowest BCUT2D eigenvalue weighted by Gasteiger charge is -2.14. The second-order valence-electron chi connectivity index (χ2n) is 4.15. The number of aliphatic hydroxyl groups excluding tert-OH is 1. The fourth-order valence-corrected chi connectivity index (χ4v) is 1.84. The summed E-state index contributed by atoms with van der Waals surface area (Å²) in [7, 11) is -3.42. The van der Waals surface area contributed by atoms with E-state index in [1.807, 2.05) is 5.32 Å². The zero-order valence-corrected chi connectivity index (χ0v) is 11.4. The Morgan fingerprint density at radius 3 is 2.30 bits per heavy atom. The first-order valence-electron chi connectivity index (χ1n) is 5.48. The zero-order chi connectivity index (χ0) is 15.4. The number of anilines is 1. The number of hydrogen-bond donors (Lipinski definition) is 3. The number of rotatable bonds is 6. The number of carbonyl (C=O) groups is 1. The molecule has 1 amide bonds. The molecule has 0 fully saturated rings. The predicted molar refractivity (Wildman–Crippen MR) is 69.3 cm³/mol. The van der Waals surface area contributed by atoms with Gasteiger partial charge < -0.3 is 10.4 Å². The van der Waals surface area contributed by atoms with E-state index in [1.54, 1.807) is 0 Å². The molecule has 20 heavy (non-hydrogen) atoms. The van der Waals surface area contributed by atoms with Crippen molar-refractivity contribution >= 4 is 21.6 Å². The Morgan fingerprint density at radius 2 is 1.85 bits per heavy atom. The van der Waals surface area contributed by atoms with Gasteiger partial charge in [-0.25, -0.2) is 17.2 Å². The van der Waals surface area contributed by atoms with E-state index in [9.17, 15) is 22.0 Å². The van der Waals surface area contributed by atoms with E-state index in [-0.39, 0.29) is 11.3 Å². The normalized spacial score (nSPS) is 12.0. The molecule has 0 saturated heterocycles.